The molecule has 3 heterocycles. The summed E-state index contributed by atoms with van der Waals surface area (Å²) in [6, 6.07) is 18.1. The van der Waals surface area contributed by atoms with Gasteiger partial charge in [-0.05, 0) is 37.1 Å². The van der Waals surface area contributed by atoms with E-state index in [9.17, 15) is 9.59 Å². The number of hydrogen-bond donors (Lipinski definition) is 0. The van der Waals surface area contributed by atoms with Crippen molar-refractivity contribution in [1.29, 1.82) is 0 Å². The maximum absolute atomic E-state index is 13.2. The fourth-order valence-electron chi connectivity index (χ4n) is 4.72. The van der Waals surface area contributed by atoms with E-state index in [1.54, 1.807) is 11.2 Å². The van der Waals surface area contributed by atoms with Gasteiger partial charge in [0.05, 0.1) is 11.6 Å². The summed E-state index contributed by atoms with van der Waals surface area (Å²) in [7, 11) is 0. The minimum absolute atomic E-state index is 0.0228. The predicted molar refractivity (Wildman–Crippen MR) is 133 cm³/mol. The molecule has 1 unspecified atom stereocenters. The van der Waals surface area contributed by atoms with Crippen molar-refractivity contribution < 1.29 is 9.59 Å². The van der Waals surface area contributed by atoms with E-state index in [-0.39, 0.29) is 24.2 Å². The van der Waals surface area contributed by atoms with E-state index in [0.29, 0.717) is 32.7 Å². The predicted octanol–water partition coefficient (Wildman–Crippen LogP) is 3.46. The fourth-order valence-corrected chi connectivity index (χ4v) is 4.72. The maximum Gasteiger partial charge on any atom is 0.228 e. The number of carbonyl (C=O) groups excluding carboxylic acids is 2. The van der Waals surface area contributed by atoms with Crippen LogP contribution in [0, 0.1) is 19.8 Å². The van der Waals surface area contributed by atoms with Crippen LogP contribution >= 0.6 is 0 Å². The third-order valence-electron chi connectivity index (χ3n) is 6.91. The van der Waals surface area contributed by atoms with E-state index in [0.717, 1.165) is 28.3 Å². The molecule has 174 valence electrons. The van der Waals surface area contributed by atoms with E-state index in [1.807, 2.05) is 66.4 Å². The van der Waals surface area contributed by atoms with Crippen LogP contribution in [-0.2, 0) is 9.59 Å². The standard InChI is InChI=1S/C27H29N5O2/c1-19-8-9-23(14-20(19)2)32-17-22(15-26(32)33)27(34)31-12-10-30(11-13-31)25-16-24(28-18-29-25)21-6-4-3-5-7-21/h3-9,14,16,18,22H,10-13,15,17H2,1-2H3. The molecule has 0 saturated carbocycles. The van der Waals surface area contributed by atoms with Gasteiger partial charge in [0.15, 0.2) is 0 Å². The molecule has 2 aromatic carbocycles. The lowest BCUT2D eigenvalue weighted by molar-refractivity contribution is -0.136. The molecule has 7 heteroatoms. The van der Waals surface area contributed by atoms with Crippen molar-refractivity contribution in [3.05, 3.63) is 72.1 Å². The molecule has 34 heavy (non-hydrogen) atoms. The number of hydrogen-bond acceptors (Lipinski definition) is 5. The van der Waals surface area contributed by atoms with Crippen LogP contribution in [0.25, 0.3) is 11.3 Å². The first-order valence-electron chi connectivity index (χ1n) is 11.8. The highest BCUT2D eigenvalue weighted by molar-refractivity contribution is 6.00. The minimum atomic E-state index is -0.288. The Morgan fingerprint density at radius 3 is 2.41 bits per heavy atom. The molecular formula is C27H29N5O2. The third-order valence-corrected chi connectivity index (χ3v) is 6.91. The Bertz CT molecular complexity index is 1200. The second-order valence-electron chi connectivity index (χ2n) is 9.11. The zero-order chi connectivity index (χ0) is 23.7. The highest BCUT2D eigenvalue weighted by Crippen LogP contribution is 2.28. The van der Waals surface area contributed by atoms with E-state index in [2.05, 4.69) is 21.8 Å². The van der Waals surface area contributed by atoms with E-state index >= 15 is 0 Å². The molecule has 1 atom stereocenters. The van der Waals surface area contributed by atoms with Gasteiger partial charge in [0.2, 0.25) is 11.8 Å². The van der Waals surface area contributed by atoms with Crippen LogP contribution in [0.15, 0.2) is 60.9 Å². The van der Waals surface area contributed by atoms with E-state index in [1.165, 1.54) is 5.56 Å². The molecule has 2 fully saturated rings. The molecule has 7 nitrogen and oxygen atoms in total. The van der Waals surface area contributed by atoms with Gasteiger partial charge in [-0.1, -0.05) is 36.4 Å². The number of nitrogens with zero attached hydrogens (tertiary/aromatic N) is 5. The summed E-state index contributed by atoms with van der Waals surface area (Å²) in [4.78, 5) is 40.6. The van der Waals surface area contributed by atoms with Crippen molar-refractivity contribution in [2.24, 2.45) is 5.92 Å². The lowest BCUT2D eigenvalue weighted by atomic mass is 10.1. The lowest BCUT2D eigenvalue weighted by Gasteiger charge is -2.36. The third kappa shape index (κ3) is 4.38. The van der Waals surface area contributed by atoms with Crippen molar-refractivity contribution in [2.45, 2.75) is 20.3 Å². The number of amides is 2. The topological polar surface area (TPSA) is 69.6 Å². The number of aromatic nitrogens is 2. The smallest absolute Gasteiger partial charge is 0.228 e. The first kappa shape index (κ1) is 22.1. The quantitative estimate of drug-likeness (QED) is 0.603. The molecule has 2 aliphatic rings. The average Bonchev–Trinajstić information content (AvgIpc) is 3.27. The fraction of sp³-hybridized carbons (Fsp3) is 0.333. The zero-order valence-corrected chi connectivity index (χ0v) is 19.6. The van der Waals surface area contributed by atoms with Crippen molar-refractivity contribution in [3.63, 3.8) is 0 Å². The Morgan fingerprint density at radius 1 is 0.912 bits per heavy atom. The Labute approximate surface area is 200 Å². The second-order valence-corrected chi connectivity index (χ2v) is 9.11. The van der Waals surface area contributed by atoms with Gasteiger partial charge in [0.1, 0.15) is 12.1 Å². The molecule has 0 N–H and O–H groups in total. The van der Waals surface area contributed by atoms with Gasteiger partial charge in [-0.2, -0.15) is 0 Å². The van der Waals surface area contributed by atoms with Crippen molar-refractivity contribution in [1.82, 2.24) is 14.9 Å². The summed E-state index contributed by atoms with van der Waals surface area (Å²) in [6.07, 6.45) is 1.87. The largest absolute Gasteiger partial charge is 0.353 e. The Morgan fingerprint density at radius 2 is 1.68 bits per heavy atom. The van der Waals surface area contributed by atoms with Crippen molar-refractivity contribution >= 4 is 23.3 Å². The first-order valence-corrected chi connectivity index (χ1v) is 11.8. The number of carbonyl (C=O) groups is 2. The summed E-state index contributed by atoms with van der Waals surface area (Å²) < 4.78 is 0. The number of rotatable bonds is 4. The molecule has 3 aromatic rings. The highest BCUT2D eigenvalue weighted by atomic mass is 16.2. The Balaban J connectivity index is 1.21. The Hall–Kier alpha value is -3.74. The summed E-state index contributed by atoms with van der Waals surface area (Å²) in [5.74, 6) is 0.684. The monoisotopic (exact) mass is 455 g/mol. The summed E-state index contributed by atoms with van der Waals surface area (Å²) >= 11 is 0. The molecule has 0 aliphatic carbocycles. The van der Waals surface area contributed by atoms with Gasteiger partial charge in [-0.25, -0.2) is 9.97 Å². The molecule has 0 bridgehead atoms. The first-order chi connectivity index (χ1) is 16.5. The van der Waals surface area contributed by atoms with Crippen LogP contribution < -0.4 is 9.80 Å². The van der Waals surface area contributed by atoms with Crippen molar-refractivity contribution in [2.75, 3.05) is 42.5 Å². The molecule has 2 amide bonds. The minimum Gasteiger partial charge on any atom is -0.353 e. The molecule has 0 radical (unpaired) electrons. The SMILES string of the molecule is Cc1ccc(N2CC(C(=O)N3CCN(c4cc(-c5ccccc5)ncn4)CC3)CC2=O)cc1C. The summed E-state index contributed by atoms with van der Waals surface area (Å²) in [6.45, 7) is 7.21. The van der Waals surface area contributed by atoms with Crippen LogP contribution in [0.5, 0.6) is 0 Å². The number of benzene rings is 2. The summed E-state index contributed by atoms with van der Waals surface area (Å²) in [5.41, 5.74) is 5.17. The average molecular weight is 456 g/mol. The molecule has 0 spiro atoms. The van der Waals surface area contributed by atoms with Gasteiger partial charge < -0.3 is 14.7 Å². The number of aryl methyl sites for hydroxylation is 2. The van der Waals surface area contributed by atoms with Crippen LogP contribution in [0.4, 0.5) is 11.5 Å². The van der Waals surface area contributed by atoms with Crippen molar-refractivity contribution in [3.8, 4) is 11.3 Å². The maximum atomic E-state index is 13.2. The van der Waals surface area contributed by atoms with E-state index < -0.39 is 0 Å². The van der Waals surface area contributed by atoms with E-state index in [4.69, 9.17) is 0 Å². The van der Waals surface area contributed by atoms with Gasteiger partial charge in [0.25, 0.3) is 0 Å². The van der Waals surface area contributed by atoms with Crippen LogP contribution in [-0.4, -0.2) is 59.4 Å². The second kappa shape index (κ2) is 9.25. The Kier molecular flexibility index (Phi) is 6.01. The number of piperazine rings is 1. The molecule has 5 rings (SSSR count). The van der Waals surface area contributed by atoms with Gasteiger partial charge >= 0.3 is 0 Å². The van der Waals surface area contributed by atoms with Crippen LogP contribution in [0.3, 0.4) is 0 Å². The zero-order valence-electron chi connectivity index (χ0n) is 19.6. The van der Waals surface area contributed by atoms with Gasteiger partial charge in [0, 0.05) is 56.5 Å². The normalized spacial score (nSPS) is 18.5. The summed E-state index contributed by atoms with van der Waals surface area (Å²) in [5, 5.41) is 0. The molecule has 1 aromatic heterocycles. The van der Waals surface area contributed by atoms with Crippen LogP contribution in [0.1, 0.15) is 17.5 Å². The highest BCUT2D eigenvalue weighted by Gasteiger charge is 2.38. The van der Waals surface area contributed by atoms with Gasteiger partial charge in [-0.3, -0.25) is 9.59 Å². The molecular weight excluding hydrogens is 426 g/mol. The number of anilines is 2. The lowest BCUT2D eigenvalue weighted by Crippen LogP contribution is -2.51. The van der Waals surface area contributed by atoms with Crippen LogP contribution in [0.2, 0.25) is 0 Å². The van der Waals surface area contributed by atoms with Gasteiger partial charge in [-0.15, -0.1) is 0 Å². The molecule has 2 aliphatic heterocycles. The molecule has 2 saturated heterocycles.